The van der Waals surface area contributed by atoms with Crippen LogP contribution in [0.4, 0.5) is 11.5 Å². The lowest BCUT2D eigenvalue weighted by molar-refractivity contribution is 0.649. The SMILES string of the molecule is Clc1cccc(N2CCN(c3ncnc4sc5c(c34)CCC5)CC2)c1. The average Bonchev–Trinajstić information content (AvgIpc) is 3.22. The van der Waals surface area contributed by atoms with Gasteiger partial charge in [0.05, 0.1) is 5.39 Å². The molecule has 1 aromatic carbocycles. The molecule has 0 unspecified atom stereocenters. The van der Waals surface area contributed by atoms with Crippen molar-refractivity contribution in [3.05, 3.63) is 46.1 Å². The van der Waals surface area contributed by atoms with Crippen LogP contribution in [0.1, 0.15) is 16.9 Å². The normalized spacial score (nSPS) is 17.3. The van der Waals surface area contributed by atoms with Gasteiger partial charge in [0.15, 0.2) is 0 Å². The second-order valence-electron chi connectivity index (χ2n) is 6.69. The molecule has 2 aromatic heterocycles. The van der Waals surface area contributed by atoms with E-state index in [-0.39, 0.29) is 0 Å². The molecule has 0 atom stereocenters. The molecule has 2 aliphatic rings. The summed E-state index contributed by atoms with van der Waals surface area (Å²) < 4.78 is 0. The molecule has 1 fully saturated rings. The number of aryl methyl sites for hydroxylation is 2. The molecule has 0 radical (unpaired) electrons. The standard InChI is InChI=1S/C19H19ClN4S/c20-13-3-1-4-14(11-13)23-7-9-24(10-8-23)18-17-15-5-2-6-16(15)25-19(17)22-12-21-18/h1,3-4,11-12H,2,5-10H2. The van der Waals surface area contributed by atoms with E-state index in [9.17, 15) is 0 Å². The number of nitrogens with zero attached hydrogens (tertiary/aromatic N) is 4. The van der Waals surface area contributed by atoms with Gasteiger partial charge in [0.2, 0.25) is 0 Å². The second kappa shape index (κ2) is 6.15. The van der Waals surface area contributed by atoms with Crippen LogP contribution in [0.3, 0.4) is 0 Å². The van der Waals surface area contributed by atoms with Crippen molar-refractivity contribution in [3.8, 4) is 0 Å². The highest BCUT2D eigenvalue weighted by molar-refractivity contribution is 7.19. The van der Waals surface area contributed by atoms with Gasteiger partial charge in [-0.05, 0) is 43.0 Å². The summed E-state index contributed by atoms with van der Waals surface area (Å²) in [6.45, 7) is 3.92. The van der Waals surface area contributed by atoms with E-state index in [1.54, 1.807) is 6.33 Å². The zero-order valence-corrected chi connectivity index (χ0v) is 15.5. The van der Waals surface area contributed by atoms with Gasteiger partial charge in [0.1, 0.15) is 17.0 Å². The number of halogens is 1. The fourth-order valence-electron chi connectivity index (χ4n) is 4.00. The summed E-state index contributed by atoms with van der Waals surface area (Å²) in [7, 11) is 0. The molecular formula is C19H19ClN4S. The zero-order valence-electron chi connectivity index (χ0n) is 13.9. The van der Waals surface area contributed by atoms with Crippen molar-refractivity contribution in [1.29, 1.82) is 0 Å². The van der Waals surface area contributed by atoms with Crippen molar-refractivity contribution < 1.29 is 0 Å². The first-order valence-corrected chi connectivity index (χ1v) is 10.00. The second-order valence-corrected chi connectivity index (χ2v) is 8.21. The van der Waals surface area contributed by atoms with Crippen LogP contribution in [0.25, 0.3) is 10.2 Å². The molecule has 0 N–H and O–H groups in total. The van der Waals surface area contributed by atoms with Crippen molar-refractivity contribution in [3.63, 3.8) is 0 Å². The van der Waals surface area contributed by atoms with Crippen LogP contribution in [0, 0.1) is 0 Å². The van der Waals surface area contributed by atoms with Crippen LogP contribution in [0.2, 0.25) is 5.02 Å². The smallest absolute Gasteiger partial charge is 0.141 e. The van der Waals surface area contributed by atoms with E-state index in [0.717, 1.165) is 41.8 Å². The molecule has 3 aromatic rings. The lowest BCUT2D eigenvalue weighted by Gasteiger charge is -2.37. The Balaban J connectivity index is 1.42. The summed E-state index contributed by atoms with van der Waals surface area (Å²) in [6, 6.07) is 8.13. The predicted molar refractivity (Wildman–Crippen MR) is 105 cm³/mol. The average molecular weight is 371 g/mol. The maximum Gasteiger partial charge on any atom is 0.141 e. The van der Waals surface area contributed by atoms with Gasteiger partial charge in [-0.25, -0.2) is 9.97 Å². The minimum atomic E-state index is 0.797. The van der Waals surface area contributed by atoms with Gasteiger partial charge in [-0.2, -0.15) is 0 Å². The topological polar surface area (TPSA) is 32.3 Å². The Morgan fingerprint density at radius 2 is 1.84 bits per heavy atom. The molecule has 1 aliphatic carbocycles. The number of anilines is 2. The van der Waals surface area contributed by atoms with Crippen molar-refractivity contribution in [2.24, 2.45) is 0 Å². The molecule has 1 saturated heterocycles. The Hall–Kier alpha value is -1.85. The van der Waals surface area contributed by atoms with Gasteiger partial charge in [-0.3, -0.25) is 0 Å². The fraction of sp³-hybridized carbons (Fsp3) is 0.368. The summed E-state index contributed by atoms with van der Waals surface area (Å²) >= 11 is 8.00. The largest absolute Gasteiger partial charge is 0.368 e. The number of aromatic nitrogens is 2. The number of hydrogen-bond donors (Lipinski definition) is 0. The van der Waals surface area contributed by atoms with Crippen molar-refractivity contribution in [2.75, 3.05) is 36.0 Å². The van der Waals surface area contributed by atoms with Gasteiger partial charge in [0, 0.05) is 41.8 Å². The van der Waals surface area contributed by atoms with E-state index in [0.29, 0.717) is 0 Å². The number of piperazine rings is 1. The molecule has 4 nitrogen and oxygen atoms in total. The summed E-state index contributed by atoms with van der Waals surface area (Å²) in [4.78, 5) is 16.7. The summed E-state index contributed by atoms with van der Waals surface area (Å²) in [5.41, 5.74) is 2.71. The van der Waals surface area contributed by atoms with Crippen LogP contribution < -0.4 is 9.80 Å². The Labute approximate surface area is 156 Å². The quantitative estimate of drug-likeness (QED) is 0.678. The molecule has 1 aliphatic heterocycles. The minimum Gasteiger partial charge on any atom is -0.368 e. The summed E-state index contributed by atoms with van der Waals surface area (Å²) in [5, 5.41) is 2.11. The zero-order chi connectivity index (χ0) is 16.8. The molecule has 0 spiro atoms. The van der Waals surface area contributed by atoms with E-state index < -0.39 is 0 Å². The van der Waals surface area contributed by atoms with Crippen LogP contribution >= 0.6 is 22.9 Å². The third-order valence-electron chi connectivity index (χ3n) is 5.23. The monoisotopic (exact) mass is 370 g/mol. The predicted octanol–water partition coefficient (Wildman–Crippen LogP) is 4.16. The summed E-state index contributed by atoms with van der Waals surface area (Å²) in [6.07, 6.45) is 5.39. The molecule has 0 bridgehead atoms. The maximum atomic E-state index is 6.14. The van der Waals surface area contributed by atoms with Gasteiger partial charge in [-0.15, -0.1) is 11.3 Å². The third kappa shape index (κ3) is 2.66. The summed E-state index contributed by atoms with van der Waals surface area (Å²) in [5.74, 6) is 1.13. The Kier molecular flexibility index (Phi) is 3.79. The minimum absolute atomic E-state index is 0.797. The van der Waals surface area contributed by atoms with E-state index in [4.69, 9.17) is 11.6 Å². The Morgan fingerprint density at radius 1 is 1.00 bits per heavy atom. The number of rotatable bonds is 2. The van der Waals surface area contributed by atoms with Gasteiger partial charge in [0.25, 0.3) is 0 Å². The van der Waals surface area contributed by atoms with Crippen LogP contribution in [-0.4, -0.2) is 36.1 Å². The molecule has 3 heterocycles. The number of thiophene rings is 1. The van der Waals surface area contributed by atoms with Crippen molar-refractivity contribution in [2.45, 2.75) is 19.3 Å². The van der Waals surface area contributed by atoms with E-state index in [1.807, 2.05) is 29.5 Å². The van der Waals surface area contributed by atoms with Crippen LogP contribution in [-0.2, 0) is 12.8 Å². The third-order valence-corrected chi connectivity index (χ3v) is 6.67. The molecule has 5 rings (SSSR count). The van der Waals surface area contributed by atoms with Crippen molar-refractivity contribution in [1.82, 2.24) is 9.97 Å². The number of hydrogen-bond acceptors (Lipinski definition) is 5. The fourth-order valence-corrected chi connectivity index (χ4v) is 5.41. The van der Waals surface area contributed by atoms with Crippen molar-refractivity contribution >= 4 is 44.7 Å². The van der Waals surface area contributed by atoms with E-state index >= 15 is 0 Å². The Bertz CT molecular complexity index is 930. The highest BCUT2D eigenvalue weighted by Crippen LogP contribution is 2.40. The molecule has 128 valence electrons. The lowest BCUT2D eigenvalue weighted by atomic mass is 10.1. The lowest BCUT2D eigenvalue weighted by Crippen LogP contribution is -2.47. The molecule has 25 heavy (non-hydrogen) atoms. The van der Waals surface area contributed by atoms with Crippen LogP contribution in [0.5, 0.6) is 0 Å². The Morgan fingerprint density at radius 3 is 2.68 bits per heavy atom. The van der Waals surface area contributed by atoms with E-state index in [2.05, 4.69) is 25.8 Å². The number of fused-ring (bicyclic) bond motifs is 3. The molecule has 0 saturated carbocycles. The van der Waals surface area contributed by atoms with Gasteiger partial charge in [-0.1, -0.05) is 17.7 Å². The first-order chi connectivity index (χ1) is 12.3. The number of benzene rings is 1. The van der Waals surface area contributed by atoms with E-state index in [1.165, 1.54) is 40.8 Å². The first kappa shape index (κ1) is 15.4. The molecule has 6 heteroatoms. The van der Waals surface area contributed by atoms with Crippen LogP contribution in [0.15, 0.2) is 30.6 Å². The highest BCUT2D eigenvalue weighted by Gasteiger charge is 2.25. The van der Waals surface area contributed by atoms with Gasteiger partial charge < -0.3 is 9.80 Å². The van der Waals surface area contributed by atoms with Gasteiger partial charge >= 0.3 is 0 Å². The highest BCUT2D eigenvalue weighted by atomic mass is 35.5. The maximum absolute atomic E-state index is 6.14. The molecule has 0 amide bonds. The molecular weight excluding hydrogens is 352 g/mol. The first-order valence-electron chi connectivity index (χ1n) is 8.80.